The van der Waals surface area contributed by atoms with Gasteiger partial charge in [-0.05, 0) is 50.8 Å². The van der Waals surface area contributed by atoms with Crippen LogP contribution >= 0.6 is 0 Å². The smallest absolute Gasteiger partial charge is 0.238 e. The van der Waals surface area contributed by atoms with E-state index in [4.69, 9.17) is 10.5 Å². The van der Waals surface area contributed by atoms with Crippen molar-refractivity contribution in [3.05, 3.63) is 18.3 Å². The van der Waals surface area contributed by atoms with Gasteiger partial charge in [-0.2, -0.15) is 0 Å². The molecule has 21 heavy (non-hydrogen) atoms. The lowest BCUT2D eigenvalue weighted by Gasteiger charge is -2.17. The number of nitrogens with zero attached hydrogens (tertiary/aromatic N) is 1. The molecule has 0 saturated heterocycles. The number of hydrogen-bond donors (Lipinski definition) is 2. The van der Waals surface area contributed by atoms with E-state index in [1.54, 1.807) is 18.3 Å². The summed E-state index contributed by atoms with van der Waals surface area (Å²) in [5.74, 6) is 1.14. The summed E-state index contributed by atoms with van der Waals surface area (Å²) in [6.45, 7) is 8.64. The van der Waals surface area contributed by atoms with Gasteiger partial charge in [0.2, 0.25) is 11.8 Å². The molecule has 0 radical (unpaired) electrons. The van der Waals surface area contributed by atoms with E-state index < -0.39 is 0 Å². The number of anilines is 1. The van der Waals surface area contributed by atoms with Gasteiger partial charge in [0.25, 0.3) is 0 Å². The third kappa shape index (κ3) is 6.58. The summed E-state index contributed by atoms with van der Waals surface area (Å²) in [4.78, 5) is 16.3. The molecule has 1 amide bonds. The van der Waals surface area contributed by atoms with Crippen LogP contribution in [0, 0.1) is 11.8 Å². The van der Waals surface area contributed by atoms with Gasteiger partial charge in [-0.3, -0.25) is 4.79 Å². The second-order valence-electron chi connectivity index (χ2n) is 6.01. The van der Waals surface area contributed by atoms with Crippen molar-refractivity contribution in [1.29, 1.82) is 0 Å². The molecule has 1 rings (SSSR count). The van der Waals surface area contributed by atoms with Crippen molar-refractivity contribution >= 4 is 11.6 Å². The zero-order chi connectivity index (χ0) is 15.8. The molecule has 0 aliphatic heterocycles. The summed E-state index contributed by atoms with van der Waals surface area (Å²) in [6, 6.07) is 3.57. The minimum absolute atomic E-state index is 0.00767. The van der Waals surface area contributed by atoms with Crippen molar-refractivity contribution in [2.45, 2.75) is 46.6 Å². The van der Waals surface area contributed by atoms with Crippen molar-refractivity contribution in [2.75, 3.05) is 11.9 Å². The molecule has 0 unspecified atom stereocenters. The van der Waals surface area contributed by atoms with Crippen molar-refractivity contribution in [3.63, 3.8) is 0 Å². The number of pyridine rings is 1. The number of amides is 1. The molecule has 0 aliphatic carbocycles. The number of aromatic nitrogens is 1. The molecule has 0 spiro atoms. The molecule has 1 aromatic heterocycles. The Morgan fingerprint density at radius 1 is 1.38 bits per heavy atom. The molecule has 118 valence electrons. The van der Waals surface area contributed by atoms with E-state index in [-0.39, 0.29) is 17.9 Å². The van der Waals surface area contributed by atoms with Crippen LogP contribution in [0.4, 0.5) is 5.69 Å². The molecule has 3 N–H and O–H groups in total. The summed E-state index contributed by atoms with van der Waals surface area (Å²) < 4.78 is 5.59. The van der Waals surface area contributed by atoms with Crippen molar-refractivity contribution in [3.8, 4) is 5.88 Å². The van der Waals surface area contributed by atoms with Gasteiger partial charge in [0.1, 0.15) is 5.69 Å². The number of carbonyl (C=O) groups excluding carboxylic acids is 1. The fourth-order valence-electron chi connectivity index (χ4n) is 2.20. The maximum absolute atomic E-state index is 12.2. The molecule has 0 aromatic carbocycles. The van der Waals surface area contributed by atoms with Crippen LogP contribution < -0.4 is 15.8 Å². The Morgan fingerprint density at radius 3 is 2.67 bits per heavy atom. The Morgan fingerprint density at radius 2 is 2.10 bits per heavy atom. The van der Waals surface area contributed by atoms with Gasteiger partial charge in [-0.25, -0.2) is 4.98 Å². The van der Waals surface area contributed by atoms with E-state index in [1.807, 2.05) is 13.8 Å². The Balaban J connectivity index is 2.65. The SMILES string of the molecule is CC(C)C[C@H](CN)CC(=O)Nc1cccnc1OC(C)C. The lowest BCUT2D eigenvalue weighted by atomic mass is 9.94. The average Bonchev–Trinajstić information content (AvgIpc) is 2.39. The van der Waals surface area contributed by atoms with Crippen molar-refractivity contribution < 1.29 is 9.53 Å². The van der Waals surface area contributed by atoms with Crippen LogP contribution in [0.1, 0.15) is 40.5 Å². The maximum Gasteiger partial charge on any atom is 0.238 e. The predicted molar refractivity (Wildman–Crippen MR) is 85.2 cm³/mol. The summed E-state index contributed by atoms with van der Waals surface area (Å²) in [7, 11) is 0. The Kier molecular flexibility index (Phi) is 7.15. The highest BCUT2D eigenvalue weighted by Gasteiger charge is 2.16. The maximum atomic E-state index is 12.2. The highest BCUT2D eigenvalue weighted by atomic mass is 16.5. The quantitative estimate of drug-likeness (QED) is 0.772. The Hall–Kier alpha value is -1.62. The summed E-state index contributed by atoms with van der Waals surface area (Å²) in [5.41, 5.74) is 6.35. The first-order valence-electron chi connectivity index (χ1n) is 7.54. The van der Waals surface area contributed by atoms with E-state index in [2.05, 4.69) is 24.1 Å². The van der Waals surface area contributed by atoms with Crippen LogP contribution in [-0.4, -0.2) is 23.5 Å². The standard InChI is InChI=1S/C16H27N3O2/c1-11(2)8-13(10-17)9-15(20)19-14-6-5-7-18-16(14)21-12(3)4/h5-7,11-13H,8-10,17H2,1-4H3,(H,19,20)/t13-/m0/s1. The number of rotatable bonds is 8. The van der Waals surface area contributed by atoms with Gasteiger partial charge < -0.3 is 15.8 Å². The minimum atomic E-state index is -0.0484. The lowest BCUT2D eigenvalue weighted by molar-refractivity contribution is -0.117. The first kappa shape index (κ1) is 17.4. The first-order chi connectivity index (χ1) is 9.92. The van der Waals surface area contributed by atoms with E-state index >= 15 is 0 Å². The molecule has 5 nitrogen and oxygen atoms in total. The number of hydrogen-bond acceptors (Lipinski definition) is 4. The Bertz CT molecular complexity index is 447. The molecule has 0 fully saturated rings. The Labute approximate surface area is 127 Å². The zero-order valence-electron chi connectivity index (χ0n) is 13.4. The second kappa shape index (κ2) is 8.62. The van der Waals surface area contributed by atoms with Gasteiger partial charge in [-0.1, -0.05) is 13.8 Å². The lowest BCUT2D eigenvalue weighted by Crippen LogP contribution is -2.24. The van der Waals surface area contributed by atoms with E-state index in [1.165, 1.54) is 0 Å². The third-order valence-electron chi connectivity index (χ3n) is 3.00. The van der Waals surface area contributed by atoms with Crippen molar-refractivity contribution in [1.82, 2.24) is 4.98 Å². The fourth-order valence-corrected chi connectivity index (χ4v) is 2.20. The fraction of sp³-hybridized carbons (Fsp3) is 0.625. The van der Waals surface area contributed by atoms with Crippen LogP contribution in [-0.2, 0) is 4.79 Å². The number of ether oxygens (including phenoxy) is 1. The van der Waals surface area contributed by atoms with Crippen LogP contribution in [0.25, 0.3) is 0 Å². The summed E-state index contributed by atoms with van der Waals surface area (Å²) >= 11 is 0. The molecular formula is C16H27N3O2. The van der Waals surface area contributed by atoms with Crippen LogP contribution in [0.2, 0.25) is 0 Å². The van der Waals surface area contributed by atoms with Gasteiger partial charge in [0.15, 0.2) is 0 Å². The molecule has 0 aliphatic rings. The monoisotopic (exact) mass is 293 g/mol. The molecular weight excluding hydrogens is 266 g/mol. The summed E-state index contributed by atoms with van der Waals surface area (Å²) in [6.07, 6.45) is 3.03. The number of nitrogens with one attached hydrogen (secondary N) is 1. The predicted octanol–water partition coefficient (Wildman–Crippen LogP) is 2.82. The van der Waals surface area contributed by atoms with Crippen LogP contribution in [0.3, 0.4) is 0 Å². The highest BCUT2D eigenvalue weighted by molar-refractivity contribution is 5.92. The normalized spacial score (nSPS) is 12.5. The molecule has 0 bridgehead atoms. The third-order valence-corrected chi connectivity index (χ3v) is 3.00. The molecule has 0 saturated carbocycles. The topological polar surface area (TPSA) is 77.2 Å². The van der Waals surface area contributed by atoms with Crippen LogP contribution in [0.5, 0.6) is 5.88 Å². The number of nitrogens with two attached hydrogens (primary N) is 1. The number of carbonyl (C=O) groups is 1. The van der Waals surface area contributed by atoms with Gasteiger partial charge >= 0.3 is 0 Å². The zero-order valence-corrected chi connectivity index (χ0v) is 13.4. The second-order valence-corrected chi connectivity index (χ2v) is 6.01. The summed E-state index contributed by atoms with van der Waals surface area (Å²) in [5, 5.41) is 2.87. The average molecular weight is 293 g/mol. The highest BCUT2D eigenvalue weighted by Crippen LogP contribution is 2.23. The largest absolute Gasteiger partial charge is 0.473 e. The van der Waals surface area contributed by atoms with Gasteiger partial charge in [0.05, 0.1) is 6.10 Å². The van der Waals surface area contributed by atoms with Gasteiger partial charge in [-0.15, -0.1) is 0 Å². The molecule has 1 aromatic rings. The van der Waals surface area contributed by atoms with Gasteiger partial charge in [0, 0.05) is 12.6 Å². The van der Waals surface area contributed by atoms with Crippen molar-refractivity contribution in [2.24, 2.45) is 17.6 Å². The minimum Gasteiger partial charge on any atom is -0.473 e. The van der Waals surface area contributed by atoms with Crippen LogP contribution in [0.15, 0.2) is 18.3 Å². The first-order valence-corrected chi connectivity index (χ1v) is 7.54. The molecule has 1 heterocycles. The molecule has 5 heteroatoms. The van der Waals surface area contributed by atoms with E-state index in [0.29, 0.717) is 30.5 Å². The van der Waals surface area contributed by atoms with E-state index in [0.717, 1.165) is 6.42 Å². The molecule has 1 atom stereocenters. The van der Waals surface area contributed by atoms with E-state index in [9.17, 15) is 4.79 Å².